The smallest absolute Gasteiger partial charge is 0.291 e. The van der Waals surface area contributed by atoms with Crippen molar-refractivity contribution in [2.75, 3.05) is 0 Å². The predicted octanol–water partition coefficient (Wildman–Crippen LogP) is 2.99. The van der Waals surface area contributed by atoms with E-state index in [2.05, 4.69) is 20.4 Å². The van der Waals surface area contributed by atoms with Crippen LogP contribution in [0.15, 0.2) is 67.0 Å². The van der Waals surface area contributed by atoms with Crippen molar-refractivity contribution in [2.24, 2.45) is 0 Å². The van der Waals surface area contributed by atoms with Crippen molar-refractivity contribution >= 4 is 11.7 Å². The van der Waals surface area contributed by atoms with Crippen LogP contribution < -0.4 is 10.1 Å². The summed E-state index contributed by atoms with van der Waals surface area (Å²) >= 11 is 0. The fraction of sp³-hybridized carbons (Fsp3) is 0.0526. The van der Waals surface area contributed by atoms with E-state index in [4.69, 9.17) is 4.74 Å². The first-order chi connectivity index (χ1) is 13.2. The Balaban J connectivity index is 1.47. The van der Waals surface area contributed by atoms with E-state index in [1.54, 1.807) is 24.5 Å². The van der Waals surface area contributed by atoms with Crippen LogP contribution in [0.25, 0.3) is 5.78 Å². The zero-order valence-corrected chi connectivity index (χ0v) is 14.0. The van der Waals surface area contributed by atoms with E-state index >= 15 is 0 Å². The Kier molecular flexibility index (Phi) is 4.44. The van der Waals surface area contributed by atoms with Gasteiger partial charge in [-0.3, -0.25) is 4.79 Å². The molecular formula is C19H14FN5O2. The summed E-state index contributed by atoms with van der Waals surface area (Å²) in [6.45, 7) is 0.221. The van der Waals surface area contributed by atoms with Crippen LogP contribution in [0.1, 0.15) is 16.2 Å². The third kappa shape index (κ3) is 3.74. The quantitative estimate of drug-likeness (QED) is 0.589. The summed E-state index contributed by atoms with van der Waals surface area (Å²) in [5.41, 5.74) is 0.761. The molecule has 2 aromatic heterocycles. The molecule has 0 radical (unpaired) electrons. The number of carbonyl (C=O) groups is 1. The zero-order chi connectivity index (χ0) is 18.6. The molecule has 0 fully saturated rings. The molecule has 8 heteroatoms. The molecule has 1 N–H and O–H groups in total. The summed E-state index contributed by atoms with van der Waals surface area (Å²) in [6, 6.07) is 14.7. The van der Waals surface area contributed by atoms with Crippen molar-refractivity contribution in [3.63, 3.8) is 0 Å². The van der Waals surface area contributed by atoms with Crippen molar-refractivity contribution in [1.29, 1.82) is 0 Å². The zero-order valence-electron chi connectivity index (χ0n) is 14.0. The summed E-state index contributed by atoms with van der Waals surface area (Å²) in [7, 11) is 0. The molecule has 0 aliphatic carbocycles. The SMILES string of the molecule is O=C(NCc1ccccc1Oc1ccc(F)cc1)c1nc2ncccn2n1. The third-order valence-electron chi connectivity index (χ3n) is 3.77. The van der Waals surface area contributed by atoms with Crippen LogP contribution >= 0.6 is 0 Å². The van der Waals surface area contributed by atoms with Crippen LogP contribution in [0.5, 0.6) is 11.5 Å². The number of benzene rings is 2. The molecule has 0 atom stereocenters. The van der Waals surface area contributed by atoms with E-state index < -0.39 is 5.91 Å². The van der Waals surface area contributed by atoms with Crippen molar-refractivity contribution in [1.82, 2.24) is 24.9 Å². The average molecular weight is 363 g/mol. The lowest BCUT2D eigenvalue weighted by molar-refractivity contribution is 0.0940. The van der Waals surface area contributed by atoms with Gasteiger partial charge in [-0.2, -0.15) is 4.98 Å². The van der Waals surface area contributed by atoms with Crippen molar-refractivity contribution < 1.29 is 13.9 Å². The Morgan fingerprint density at radius 2 is 1.93 bits per heavy atom. The van der Waals surface area contributed by atoms with Gasteiger partial charge in [0.15, 0.2) is 0 Å². The Morgan fingerprint density at radius 1 is 1.11 bits per heavy atom. The maximum absolute atomic E-state index is 13.0. The molecular weight excluding hydrogens is 349 g/mol. The van der Waals surface area contributed by atoms with Crippen molar-refractivity contribution in [3.05, 3.63) is 84.2 Å². The highest BCUT2D eigenvalue weighted by Gasteiger charge is 2.14. The monoisotopic (exact) mass is 363 g/mol. The van der Waals surface area contributed by atoms with Crippen LogP contribution in [-0.2, 0) is 6.54 Å². The summed E-state index contributed by atoms with van der Waals surface area (Å²) in [5.74, 6) is 0.694. The van der Waals surface area contributed by atoms with Gasteiger partial charge in [0, 0.05) is 24.5 Å². The highest BCUT2D eigenvalue weighted by molar-refractivity contribution is 5.90. The van der Waals surface area contributed by atoms with Crippen molar-refractivity contribution in [3.8, 4) is 11.5 Å². The number of fused-ring (bicyclic) bond motifs is 1. The number of ether oxygens (including phenoxy) is 1. The van der Waals surface area contributed by atoms with E-state index in [0.29, 0.717) is 17.3 Å². The molecule has 134 valence electrons. The number of hydrogen-bond acceptors (Lipinski definition) is 5. The lowest BCUT2D eigenvalue weighted by atomic mass is 10.2. The van der Waals surface area contributed by atoms with Gasteiger partial charge in [-0.05, 0) is 36.4 Å². The lowest BCUT2D eigenvalue weighted by Gasteiger charge is -2.11. The minimum atomic E-state index is -0.419. The van der Waals surface area contributed by atoms with Crippen LogP contribution in [0.4, 0.5) is 4.39 Å². The maximum Gasteiger partial charge on any atom is 0.291 e. The molecule has 27 heavy (non-hydrogen) atoms. The molecule has 7 nitrogen and oxygen atoms in total. The molecule has 0 aliphatic heterocycles. The summed E-state index contributed by atoms with van der Waals surface area (Å²) < 4.78 is 20.2. The molecule has 0 saturated heterocycles. The second-order valence-electron chi connectivity index (χ2n) is 5.65. The second-order valence-corrected chi connectivity index (χ2v) is 5.65. The first kappa shape index (κ1) is 16.6. The normalized spacial score (nSPS) is 10.7. The van der Waals surface area contributed by atoms with Crippen LogP contribution in [0.2, 0.25) is 0 Å². The van der Waals surface area contributed by atoms with Gasteiger partial charge in [0.1, 0.15) is 17.3 Å². The minimum absolute atomic E-state index is 0.0330. The summed E-state index contributed by atoms with van der Waals surface area (Å²) in [6.07, 6.45) is 3.24. The highest BCUT2D eigenvalue weighted by Crippen LogP contribution is 2.25. The first-order valence-electron chi connectivity index (χ1n) is 8.16. The van der Waals surface area contributed by atoms with Gasteiger partial charge in [-0.15, -0.1) is 5.10 Å². The standard InChI is InChI=1S/C19H14FN5O2/c20-14-6-8-15(9-7-14)27-16-5-2-1-4-13(16)12-22-18(26)17-23-19-21-10-3-11-25(19)24-17/h1-11H,12H2,(H,22,26). The number of rotatable bonds is 5. The topological polar surface area (TPSA) is 81.4 Å². The lowest BCUT2D eigenvalue weighted by Crippen LogP contribution is -2.24. The van der Waals surface area contributed by atoms with Crippen LogP contribution in [0, 0.1) is 5.82 Å². The number of aromatic nitrogens is 4. The molecule has 4 aromatic rings. The molecule has 2 aromatic carbocycles. The summed E-state index contributed by atoms with van der Waals surface area (Å²) in [5, 5.41) is 6.85. The Labute approximate surface area is 153 Å². The molecule has 0 unspecified atom stereocenters. The Bertz CT molecular complexity index is 1060. The van der Waals surface area contributed by atoms with E-state index in [-0.39, 0.29) is 18.2 Å². The number of nitrogens with one attached hydrogen (secondary N) is 1. The maximum atomic E-state index is 13.0. The number of nitrogens with zero attached hydrogens (tertiary/aromatic N) is 4. The molecule has 0 spiro atoms. The van der Waals surface area contributed by atoms with E-state index in [1.807, 2.05) is 18.2 Å². The molecule has 0 bridgehead atoms. The van der Waals surface area contributed by atoms with E-state index in [1.165, 1.54) is 28.8 Å². The highest BCUT2D eigenvalue weighted by atomic mass is 19.1. The first-order valence-corrected chi connectivity index (χ1v) is 8.16. The molecule has 4 rings (SSSR count). The van der Waals surface area contributed by atoms with Gasteiger partial charge in [-0.1, -0.05) is 18.2 Å². The van der Waals surface area contributed by atoms with Crippen LogP contribution in [-0.4, -0.2) is 25.5 Å². The Hall–Kier alpha value is -3.81. The molecule has 0 aliphatic rings. The third-order valence-corrected chi connectivity index (χ3v) is 3.77. The summed E-state index contributed by atoms with van der Waals surface area (Å²) in [4.78, 5) is 20.5. The number of amides is 1. The number of halogens is 1. The van der Waals surface area contributed by atoms with Gasteiger partial charge < -0.3 is 10.1 Å². The number of hydrogen-bond donors (Lipinski definition) is 1. The van der Waals surface area contributed by atoms with Gasteiger partial charge in [0.05, 0.1) is 0 Å². The fourth-order valence-corrected chi connectivity index (χ4v) is 2.46. The molecule has 0 saturated carbocycles. The van der Waals surface area contributed by atoms with Gasteiger partial charge in [0.25, 0.3) is 11.7 Å². The van der Waals surface area contributed by atoms with Crippen molar-refractivity contribution in [2.45, 2.75) is 6.54 Å². The van der Waals surface area contributed by atoms with Crippen LogP contribution in [0.3, 0.4) is 0 Å². The second kappa shape index (κ2) is 7.20. The number of carbonyl (C=O) groups excluding carboxylic acids is 1. The van der Waals surface area contributed by atoms with E-state index in [9.17, 15) is 9.18 Å². The van der Waals surface area contributed by atoms with Gasteiger partial charge in [-0.25, -0.2) is 13.9 Å². The van der Waals surface area contributed by atoms with Gasteiger partial charge >= 0.3 is 0 Å². The average Bonchev–Trinajstić information content (AvgIpc) is 3.13. The minimum Gasteiger partial charge on any atom is -0.457 e. The molecule has 2 heterocycles. The Morgan fingerprint density at radius 3 is 2.74 bits per heavy atom. The number of para-hydroxylation sites is 1. The largest absolute Gasteiger partial charge is 0.457 e. The van der Waals surface area contributed by atoms with E-state index in [0.717, 1.165) is 5.56 Å². The predicted molar refractivity (Wildman–Crippen MR) is 94.9 cm³/mol. The molecule has 1 amide bonds. The fourth-order valence-electron chi connectivity index (χ4n) is 2.46. The van der Waals surface area contributed by atoms with Gasteiger partial charge in [0.2, 0.25) is 5.82 Å².